The molecule has 2 aliphatic carbocycles. The van der Waals surface area contributed by atoms with Crippen LogP contribution in [-0.2, 0) is 9.53 Å². The molecular formula is C17H30N4O2. The first kappa shape index (κ1) is 16.6. The number of nitrogens with one attached hydrogen (secondary N) is 2. The third-order valence-electron chi connectivity index (χ3n) is 5.41. The number of nitrogens with zero attached hydrogens (tertiary/aromatic N) is 2. The number of fused-ring (bicyclic) bond motifs is 1. The fraction of sp³-hybridized carbons (Fsp3) is 0.882. The van der Waals surface area contributed by atoms with Crippen LogP contribution in [0.3, 0.4) is 0 Å². The maximum atomic E-state index is 11.8. The van der Waals surface area contributed by atoms with Gasteiger partial charge in [0.15, 0.2) is 5.96 Å². The number of hydrogen-bond acceptors (Lipinski definition) is 3. The second-order valence-corrected chi connectivity index (χ2v) is 7.91. The van der Waals surface area contributed by atoms with E-state index in [0.717, 1.165) is 19.0 Å². The largest absolute Gasteiger partial charge is 0.377 e. The summed E-state index contributed by atoms with van der Waals surface area (Å²) in [6, 6.07) is 0.865. The van der Waals surface area contributed by atoms with Gasteiger partial charge in [0.05, 0.1) is 6.10 Å². The quantitative estimate of drug-likeness (QED) is 0.598. The predicted molar refractivity (Wildman–Crippen MR) is 90.3 cm³/mol. The molecule has 3 unspecified atom stereocenters. The van der Waals surface area contributed by atoms with Gasteiger partial charge in [0.2, 0.25) is 5.91 Å². The molecule has 0 bridgehead atoms. The topological polar surface area (TPSA) is 66.0 Å². The second-order valence-electron chi connectivity index (χ2n) is 7.91. The van der Waals surface area contributed by atoms with Crippen molar-refractivity contribution < 1.29 is 9.53 Å². The molecule has 0 radical (unpaired) electrons. The highest BCUT2D eigenvalue weighted by Crippen LogP contribution is 2.51. The molecule has 2 saturated carbocycles. The van der Waals surface area contributed by atoms with E-state index in [1.54, 1.807) is 19.0 Å². The Labute approximate surface area is 139 Å². The monoisotopic (exact) mass is 322 g/mol. The molecule has 0 aromatic rings. The average molecular weight is 322 g/mol. The lowest BCUT2D eigenvalue weighted by Gasteiger charge is -2.60. The molecule has 3 atom stereocenters. The van der Waals surface area contributed by atoms with Gasteiger partial charge in [-0.3, -0.25) is 4.79 Å². The molecule has 3 rings (SSSR count). The third kappa shape index (κ3) is 3.47. The van der Waals surface area contributed by atoms with Crippen molar-refractivity contribution in [3.05, 3.63) is 0 Å². The van der Waals surface area contributed by atoms with E-state index < -0.39 is 0 Å². The van der Waals surface area contributed by atoms with E-state index in [2.05, 4.69) is 29.5 Å². The number of guanidine groups is 1. The number of hydrogen-bond donors (Lipinski definition) is 2. The number of rotatable bonds is 4. The van der Waals surface area contributed by atoms with Crippen LogP contribution in [0.15, 0.2) is 4.99 Å². The van der Waals surface area contributed by atoms with Crippen molar-refractivity contribution in [1.29, 1.82) is 0 Å². The van der Waals surface area contributed by atoms with Crippen molar-refractivity contribution in [2.75, 3.05) is 27.2 Å². The smallest absolute Gasteiger partial charge is 0.243 e. The van der Waals surface area contributed by atoms with E-state index in [1.165, 1.54) is 19.3 Å². The van der Waals surface area contributed by atoms with Crippen molar-refractivity contribution in [3.63, 3.8) is 0 Å². The highest BCUT2D eigenvalue weighted by atomic mass is 16.5. The second kappa shape index (κ2) is 6.30. The molecule has 1 heterocycles. The summed E-state index contributed by atoms with van der Waals surface area (Å²) in [5, 5.41) is 7.04. The molecule has 6 nitrogen and oxygen atoms in total. The van der Waals surface area contributed by atoms with Crippen LogP contribution < -0.4 is 10.6 Å². The van der Waals surface area contributed by atoms with Crippen LogP contribution in [0.2, 0.25) is 0 Å². The SMILES string of the molecule is CN(C)C(=O)CN=C(NC1CC1)NC1C2CCCOC2C1(C)C. The summed E-state index contributed by atoms with van der Waals surface area (Å²) in [6.45, 7) is 5.59. The Hall–Kier alpha value is -1.30. The molecule has 6 heteroatoms. The fourth-order valence-corrected chi connectivity index (χ4v) is 3.80. The van der Waals surface area contributed by atoms with Gasteiger partial charge in [0.1, 0.15) is 6.54 Å². The van der Waals surface area contributed by atoms with Crippen molar-refractivity contribution >= 4 is 11.9 Å². The number of amides is 1. The molecule has 0 spiro atoms. The van der Waals surface area contributed by atoms with Crippen LogP contribution in [0.4, 0.5) is 0 Å². The van der Waals surface area contributed by atoms with Gasteiger partial charge in [-0.25, -0.2) is 4.99 Å². The molecule has 0 aromatic carbocycles. The minimum Gasteiger partial charge on any atom is -0.377 e. The number of carbonyl (C=O) groups is 1. The fourth-order valence-electron chi connectivity index (χ4n) is 3.80. The van der Waals surface area contributed by atoms with E-state index in [1.807, 2.05) is 0 Å². The lowest BCUT2D eigenvalue weighted by atomic mass is 9.55. The Bertz CT molecular complexity index is 485. The van der Waals surface area contributed by atoms with Crippen LogP contribution in [-0.4, -0.2) is 62.2 Å². The van der Waals surface area contributed by atoms with E-state index >= 15 is 0 Å². The van der Waals surface area contributed by atoms with Gasteiger partial charge in [-0.2, -0.15) is 0 Å². The molecule has 2 N–H and O–H groups in total. The normalized spacial score (nSPS) is 32.5. The number of likely N-dealkylation sites (N-methyl/N-ethyl adjacent to an activating group) is 1. The van der Waals surface area contributed by atoms with Gasteiger partial charge >= 0.3 is 0 Å². The predicted octanol–water partition coefficient (Wildman–Crippen LogP) is 0.976. The summed E-state index contributed by atoms with van der Waals surface area (Å²) >= 11 is 0. The van der Waals surface area contributed by atoms with E-state index in [-0.39, 0.29) is 17.9 Å². The Morgan fingerprint density at radius 1 is 1.26 bits per heavy atom. The summed E-state index contributed by atoms with van der Waals surface area (Å²) in [5.74, 6) is 1.35. The lowest BCUT2D eigenvalue weighted by molar-refractivity contribution is -0.188. The molecule has 1 aliphatic heterocycles. The van der Waals surface area contributed by atoms with Crippen molar-refractivity contribution in [2.24, 2.45) is 16.3 Å². The minimum absolute atomic E-state index is 0.0219. The van der Waals surface area contributed by atoms with Crippen molar-refractivity contribution in [3.8, 4) is 0 Å². The summed E-state index contributed by atoms with van der Waals surface area (Å²) in [4.78, 5) is 17.9. The molecule has 0 aromatic heterocycles. The number of aliphatic imine (C=N–C) groups is 1. The third-order valence-corrected chi connectivity index (χ3v) is 5.41. The summed E-state index contributed by atoms with van der Waals surface area (Å²) in [5.41, 5.74) is 0.0998. The van der Waals surface area contributed by atoms with Gasteiger partial charge in [-0.15, -0.1) is 0 Å². The first-order valence-corrected chi connectivity index (χ1v) is 8.79. The minimum atomic E-state index is 0.0219. The van der Waals surface area contributed by atoms with Gasteiger partial charge in [-0.1, -0.05) is 13.8 Å². The van der Waals surface area contributed by atoms with E-state index in [4.69, 9.17) is 4.74 Å². The molecule has 1 amide bonds. The van der Waals surface area contributed by atoms with Crippen LogP contribution in [0, 0.1) is 11.3 Å². The van der Waals surface area contributed by atoms with Gasteiger partial charge < -0.3 is 20.3 Å². The summed E-state index contributed by atoms with van der Waals surface area (Å²) in [6.07, 6.45) is 5.06. The van der Waals surface area contributed by atoms with Crippen LogP contribution in [0.1, 0.15) is 39.5 Å². The molecule has 3 fully saturated rings. The van der Waals surface area contributed by atoms with Crippen LogP contribution in [0.5, 0.6) is 0 Å². The van der Waals surface area contributed by atoms with Crippen LogP contribution in [0.25, 0.3) is 0 Å². The lowest BCUT2D eigenvalue weighted by Crippen LogP contribution is -2.71. The Kier molecular flexibility index (Phi) is 4.54. The highest BCUT2D eigenvalue weighted by molar-refractivity contribution is 5.85. The summed E-state index contributed by atoms with van der Waals surface area (Å²) < 4.78 is 5.97. The Balaban J connectivity index is 1.65. The Morgan fingerprint density at radius 3 is 2.65 bits per heavy atom. The average Bonchev–Trinajstić information content (AvgIpc) is 3.33. The zero-order chi connectivity index (χ0) is 16.6. The zero-order valence-corrected chi connectivity index (χ0v) is 14.8. The summed E-state index contributed by atoms with van der Waals surface area (Å²) in [7, 11) is 3.52. The highest BCUT2D eigenvalue weighted by Gasteiger charge is 2.58. The van der Waals surface area contributed by atoms with Crippen molar-refractivity contribution in [1.82, 2.24) is 15.5 Å². The maximum absolute atomic E-state index is 11.8. The first-order valence-electron chi connectivity index (χ1n) is 8.79. The number of carbonyl (C=O) groups excluding carboxylic acids is 1. The van der Waals surface area contributed by atoms with E-state index in [0.29, 0.717) is 24.1 Å². The first-order chi connectivity index (χ1) is 10.9. The molecule has 130 valence electrons. The number of ether oxygens (including phenoxy) is 1. The van der Waals surface area contributed by atoms with Gasteiger partial charge in [0, 0.05) is 44.1 Å². The Morgan fingerprint density at radius 2 is 2.00 bits per heavy atom. The zero-order valence-electron chi connectivity index (χ0n) is 14.8. The maximum Gasteiger partial charge on any atom is 0.243 e. The molecular weight excluding hydrogens is 292 g/mol. The standard InChI is InChI=1S/C17H30N4O2/c1-17(2)14(12-6-5-9-23-15(12)17)20-16(19-11-7-8-11)18-10-13(22)21(3)4/h11-12,14-15H,5-10H2,1-4H3,(H2,18,19,20). The molecule has 1 saturated heterocycles. The molecule has 3 aliphatic rings. The van der Waals surface area contributed by atoms with Gasteiger partial charge in [-0.05, 0) is 25.7 Å². The van der Waals surface area contributed by atoms with Gasteiger partial charge in [0.25, 0.3) is 0 Å². The van der Waals surface area contributed by atoms with E-state index in [9.17, 15) is 4.79 Å². The van der Waals surface area contributed by atoms with Crippen LogP contribution >= 0.6 is 0 Å². The molecule has 23 heavy (non-hydrogen) atoms. The van der Waals surface area contributed by atoms with Crippen molar-refractivity contribution in [2.45, 2.75) is 57.7 Å².